The van der Waals surface area contributed by atoms with Gasteiger partial charge in [-0.15, -0.1) is 0 Å². The predicted octanol–water partition coefficient (Wildman–Crippen LogP) is 3.74. The van der Waals surface area contributed by atoms with E-state index in [0.717, 1.165) is 30.4 Å². The Morgan fingerprint density at radius 2 is 1.50 bits per heavy atom. The van der Waals surface area contributed by atoms with E-state index in [2.05, 4.69) is 12.2 Å². The Morgan fingerprint density at radius 1 is 0.893 bits per heavy atom. The minimum atomic E-state index is -0.541. The van der Waals surface area contributed by atoms with E-state index in [4.69, 9.17) is 9.47 Å². The molecule has 0 bridgehead atoms. The smallest absolute Gasteiger partial charge is 0.338 e. The molecule has 28 heavy (non-hydrogen) atoms. The van der Waals surface area contributed by atoms with E-state index in [1.54, 1.807) is 36.4 Å². The molecule has 0 aliphatic heterocycles. The summed E-state index contributed by atoms with van der Waals surface area (Å²) in [6.45, 7) is 3.74. The molecule has 0 radical (unpaired) electrons. The van der Waals surface area contributed by atoms with Crippen molar-refractivity contribution in [2.75, 3.05) is 13.2 Å². The zero-order valence-corrected chi connectivity index (χ0v) is 16.2. The molecule has 0 atom stereocenters. The van der Waals surface area contributed by atoms with Crippen LogP contribution >= 0.6 is 0 Å². The highest BCUT2D eigenvalue weighted by Crippen LogP contribution is 2.23. The van der Waals surface area contributed by atoms with Gasteiger partial charge in [-0.3, -0.25) is 9.59 Å². The maximum Gasteiger partial charge on any atom is 0.338 e. The van der Waals surface area contributed by atoms with Crippen LogP contribution in [0.4, 0.5) is 0 Å². The van der Waals surface area contributed by atoms with Crippen molar-refractivity contribution in [2.45, 2.75) is 33.1 Å². The van der Waals surface area contributed by atoms with E-state index < -0.39 is 5.97 Å². The highest BCUT2D eigenvalue weighted by molar-refractivity contribution is 5.91. The van der Waals surface area contributed by atoms with E-state index in [9.17, 15) is 14.4 Å². The first kappa shape index (κ1) is 21.2. The summed E-state index contributed by atoms with van der Waals surface area (Å²) in [4.78, 5) is 34.7. The summed E-state index contributed by atoms with van der Waals surface area (Å²) in [5, 5.41) is 2.72. The van der Waals surface area contributed by atoms with Crippen LogP contribution in [0.15, 0.2) is 48.5 Å². The lowest BCUT2D eigenvalue weighted by molar-refractivity contribution is -0.131. The van der Waals surface area contributed by atoms with E-state index in [1.807, 2.05) is 12.1 Å². The topological polar surface area (TPSA) is 81.7 Å². The van der Waals surface area contributed by atoms with Gasteiger partial charge in [0.1, 0.15) is 5.75 Å². The quantitative estimate of drug-likeness (QED) is 0.405. The van der Waals surface area contributed by atoms with E-state index in [1.165, 1.54) is 6.92 Å². The third-order valence-corrected chi connectivity index (χ3v) is 4.01. The second-order valence-electron chi connectivity index (χ2n) is 6.33. The van der Waals surface area contributed by atoms with Gasteiger partial charge in [0.25, 0.3) is 5.91 Å². The summed E-state index contributed by atoms with van der Waals surface area (Å²) < 4.78 is 10.1. The van der Waals surface area contributed by atoms with Crippen LogP contribution in [0, 0.1) is 0 Å². The molecule has 1 N–H and O–H groups in total. The lowest BCUT2D eigenvalue weighted by atomic mass is 10.0. The monoisotopic (exact) mass is 383 g/mol. The van der Waals surface area contributed by atoms with Gasteiger partial charge in [0, 0.05) is 13.5 Å². The van der Waals surface area contributed by atoms with Crippen molar-refractivity contribution in [1.29, 1.82) is 0 Å². The van der Waals surface area contributed by atoms with Crippen molar-refractivity contribution in [1.82, 2.24) is 5.32 Å². The van der Waals surface area contributed by atoms with Gasteiger partial charge in [0.15, 0.2) is 6.61 Å². The van der Waals surface area contributed by atoms with Gasteiger partial charge in [-0.1, -0.05) is 44.0 Å². The Hall–Kier alpha value is -3.15. The largest absolute Gasteiger partial charge is 0.452 e. The highest BCUT2D eigenvalue weighted by atomic mass is 16.5. The number of amides is 1. The number of carbonyl (C=O) groups excluding carboxylic acids is 3. The molecule has 0 unspecified atom stereocenters. The van der Waals surface area contributed by atoms with E-state index >= 15 is 0 Å². The van der Waals surface area contributed by atoms with Crippen LogP contribution in [0.3, 0.4) is 0 Å². The fourth-order valence-electron chi connectivity index (χ4n) is 2.55. The molecule has 0 aliphatic carbocycles. The van der Waals surface area contributed by atoms with E-state index in [-0.39, 0.29) is 18.5 Å². The van der Waals surface area contributed by atoms with Crippen molar-refractivity contribution in [3.05, 3.63) is 54.1 Å². The van der Waals surface area contributed by atoms with Crippen LogP contribution in [0.1, 0.15) is 43.5 Å². The van der Waals surface area contributed by atoms with Crippen molar-refractivity contribution in [3.63, 3.8) is 0 Å². The molecule has 0 saturated heterocycles. The van der Waals surface area contributed by atoms with Crippen molar-refractivity contribution in [3.8, 4) is 16.9 Å². The average molecular weight is 383 g/mol. The van der Waals surface area contributed by atoms with Crippen LogP contribution < -0.4 is 10.1 Å². The summed E-state index contributed by atoms with van der Waals surface area (Å²) in [6.07, 6.45) is 3.05. The molecule has 0 aromatic heterocycles. The number of benzene rings is 2. The fourth-order valence-corrected chi connectivity index (χ4v) is 2.55. The molecule has 2 rings (SSSR count). The van der Waals surface area contributed by atoms with Crippen LogP contribution in [-0.2, 0) is 14.3 Å². The zero-order chi connectivity index (χ0) is 20.4. The number of hydrogen-bond donors (Lipinski definition) is 1. The molecule has 0 heterocycles. The second kappa shape index (κ2) is 10.9. The molecule has 0 aliphatic rings. The number of ether oxygens (including phenoxy) is 2. The lowest BCUT2D eigenvalue weighted by Gasteiger charge is -2.08. The van der Waals surface area contributed by atoms with Crippen molar-refractivity contribution >= 4 is 17.8 Å². The Bertz CT molecular complexity index is 797. The minimum Gasteiger partial charge on any atom is -0.452 e. The number of nitrogens with one attached hydrogen (secondary N) is 1. The molecular formula is C22H25NO5. The molecule has 0 saturated carbocycles. The molecule has 2 aromatic carbocycles. The van der Waals surface area contributed by atoms with Gasteiger partial charge in [-0.05, 0) is 41.8 Å². The number of hydrogen-bond acceptors (Lipinski definition) is 5. The number of unbranched alkanes of at least 4 members (excludes halogenated alkanes) is 2. The molecule has 6 nitrogen and oxygen atoms in total. The normalized spacial score (nSPS) is 10.2. The Kier molecular flexibility index (Phi) is 8.21. The van der Waals surface area contributed by atoms with Gasteiger partial charge in [-0.2, -0.15) is 0 Å². The molecule has 1 amide bonds. The standard InChI is InChI=1S/C22H25NO5/c1-3-4-5-14-23-21(25)15-27-22(26)19-8-6-17(7-9-19)18-10-12-20(13-11-18)28-16(2)24/h6-13H,3-5,14-15H2,1-2H3,(H,23,25). The Balaban J connectivity index is 1.86. The van der Waals surface area contributed by atoms with Crippen molar-refractivity contribution in [2.24, 2.45) is 0 Å². The molecule has 2 aromatic rings. The van der Waals surface area contributed by atoms with Gasteiger partial charge >= 0.3 is 11.9 Å². The molecule has 148 valence electrons. The summed E-state index contributed by atoms with van der Waals surface area (Å²) in [5.41, 5.74) is 2.20. The highest BCUT2D eigenvalue weighted by Gasteiger charge is 2.10. The first-order valence-electron chi connectivity index (χ1n) is 9.32. The molecular weight excluding hydrogens is 358 g/mol. The molecule has 0 fully saturated rings. The summed E-state index contributed by atoms with van der Waals surface area (Å²) in [5.74, 6) is -0.732. The van der Waals surface area contributed by atoms with Gasteiger partial charge in [-0.25, -0.2) is 4.79 Å². The number of esters is 2. The first-order valence-corrected chi connectivity index (χ1v) is 9.32. The molecule has 6 heteroatoms. The Labute approximate surface area is 164 Å². The summed E-state index contributed by atoms with van der Waals surface area (Å²) in [7, 11) is 0. The summed E-state index contributed by atoms with van der Waals surface area (Å²) in [6, 6.07) is 14.0. The summed E-state index contributed by atoms with van der Waals surface area (Å²) >= 11 is 0. The second-order valence-corrected chi connectivity index (χ2v) is 6.33. The maximum atomic E-state index is 12.1. The van der Waals surface area contributed by atoms with E-state index in [0.29, 0.717) is 17.9 Å². The van der Waals surface area contributed by atoms with Gasteiger partial charge in [0.05, 0.1) is 5.56 Å². The average Bonchev–Trinajstić information content (AvgIpc) is 2.70. The third kappa shape index (κ3) is 6.87. The first-order chi connectivity index (χ1) is 13.5. The predicted molar refractivity (Wildman–Crippen MR) is 106 cm³/mol. The third-order valence-electron chi connectivity index (χ3n) is 4.01. The minimum absolute atomic E-state index is 0.287. The van der Waals surface area contributed by atoms with Gasteiger partial charge < -0.3 is 14.8 Å². The Morgan fingerprint density at radius 3 is 2.07 bits per heavy atom. The number of carbonyl (C=O) groups is 3. The van der Waals surface area contributed by atoms with Crippen LogP contribution in [0.2, 0.25) is 0 Å². The van der Waals surface area contributed by atoms with Crippen LogP contribution in [0.25, 0.3) is 11.1 Å². The zero-order valence-electron chi connectivity index (χ0n) is 16.2. The van der Waals surface area contributed by atoms with Crippen LogP contribution in [0.5, 0.6) is 5.75 Å². The van der Waals surface area contributed by atoms with Gasteiger partial charge in [0.2, 0.25) is 0 Å². The number of rotatable bonds is 9. The molecule has 0 spiro atoms. The van der Waals surface area contributed by atoms with Crippen molar-refractivity contribution < 1.29 is 23.9 Å². The fraction of sp³-hybridized carbons (Fsp3) is 0.318. The SMILES string of the molecule is CCCCCNC(=O)COC(=O)c1ccc(-c2ccc(OC(C)=O)cc2)cc1. The maximum absolute atomic E-state index is 12.1. The van der Waals surface area contributed by atoms with Crippen LogP contribution in [-0.4, -0.2) is 31.0 Å². The lowest BCUT2D eigenvalue weighted by Crippen LogP contribution is -2.29.